The average molecular weight is 280 g/mol. The van der Waals surface area contributed by atoms with Crippen molar-refractivity contribution in [1.82, 2.24) is 14.5 Å². The van der Waals surface area contributed by atoms with Gasteiger partial charge in [-0.05, 0) is 32.4 Å². The van der Waals surface area contributed by atoms with Crippen molar-refractivity contribution in [3.63, 3.8) is 0 Å². The maximum Gasteiger partial charge on any atom is 0.134 e. The van der Waals surface area contributed by atoms with Crippen LogP contribution in [0.15, 0.2) is 48.8 Å². The van der Waals surface area contributed by atoms with Gasteiger partial charge < -0.3 is 10.3 Å². The molecule has 0 fully saturated rings. The van der Waals surface area contributed by atoms with Crippen molar-refractivity contribution >= 4 is 11.0 Å². The zero-order valence-electron chi connectivity index (χ0n) is 12.6. The van der Waals surface area contributed by atoms with Crippen LogP contribution in [0.3, 0.4) is 0 Å². The zero-order chi connectivity index (χ0) is 15.0. The third-order valence-electron chi connectivity index (χ3n) is 3.85. The van der Waals surface area contributed by atoms with Crippen LogP contribution in [0.1, 0.15) is 38.2 Å². The number of imidazole rings is 1. The summed E-state index contributed by atoms with van der Waals surface area (Å²) in [6.45, 7) is 6.30. The maximum absolute atomic E-state index is 6.66. The summed E-state index contributed by atoms with van der Waals surface area (Å²) in [6.07, 6.45) is 3.59. The van der Waals surface area contributed by atoms with Crippen molar-refractivity contribution in [1.29, 1.82) is 0 Å². The second-order valence-corrected chi connectivity index (χ2v) is 5.83. The van der Waals surface area contributed by atoms with Gasteiger partial charge in [-0.1, -0.05) is 30.3 Å². The molecule has 0 aliphatic rings. The molecule has 4 heteroatoms. The number of pyridine rings is 1. The molecule has 1 unspecified atom stereocenters. The van der Waals surface area contributed by atoms with Gasteiger partial charge in [0.25, 0.3) is 0 Å². The van der Waals surface area contributed by atoms with E-state index in [2.05, 4.69) is 23.4 Å². The van der Waals surface area contributed by atoms with Crippen LogP contribution < -0.4 is 5.73 Å². The number of aromatic nitrogens is 3. The topological polar surface area (TPSA) is 56.7 Å². The van der Waals surface area contributed by atoms with Gasteiger partial charge in [0.2, 0.25) is 0 Å². The van der Waals surface area contributed by atoms with Crippen LogP contribution in [-0.4, -0.2) is 14.5 Å². The molecule has 2 aromatic heterocycles. The van der Waals surface area contributed by atoms with E-state index >= 15 is 0 Å². The fraction of sp³-hybridized carbons (Fsp3) is 0.294. The molecule has 2 heterocycles. The number of nitrogens with two attached hydrogens (primary N) is 1. The van der Waals surface area contributed by atoms with Crippen molar-refractivity contribution in [2.45, 2.75) is 32.4 Å². The molecule has 0 spiro atoms. The number of nitrogens with zero attached hydrogens (tertiary/aromatic N) is 3. The summed E-state index contributed by atoms with van der Waals surface area (Å²) in [6, 6.07) is 12.4. The van der Waals surface area contributed by atoms with Gasteiger partial charge in [0.15, 0.2) is 0 Å². The highest BCUT2D eigenvalue weighted by molar-refractivity contribution is 5.75. The minimum Gasteiger partial charge on any atom is -0.323 e. The van der Waals surface area contributed by atoms with Crippen molar-refractivity contribution in [3.8, 4) is 0 Å². The minimum absolute atomic E-state index is 0.277. The maximum atomic E-state index is 6.66. The Hall–Kier alpha value is -2.20. The lowest BCUT2D eigenvalue weighted by atomic mass is 9.92. The van der Waals surface area contributed by atoms with Crippen LogP contribution in [-0.2, 0) is 5.54 Å². The Bertz CT molecular complexity index is 757. The van der Waals surface area contributed by atoms with Gasteiger partial charge in [-0.3, -0.25) is 4.98 Å². The Kier molecular flexibility index (Phi) is 3.26. The summed E-state index contributed by atoms with van der Waals surface area (Å²) < 4.78 is 2.20. The quantitative estimate of drug-likeness (QED) is 0.801. The van der Waals surface area contributed by atoms with Gasteiger partial charge >= 0.3 is 0 Å². The molecule has 0 saturated carbocycles. The molecule has 0 aliphatic heterocycles. The zero-order valence-corrected chi connectivity index (χ0v) is 12.6. The molecule has 0 radical (unpaired) electrons. The van der Waals surface area contributed by atoms with Crippen LogP contribution in [0, 0.1) is 0 Å². The molecule has 0 aliphatic carbocycles. The van der Waals surface area contributed by atoms with Crippen LogP contribution in [0.2, 0.25) is 0 Å². The molecular formula is C17H20N4. The Labute approximate surface area is 124 Å². The van der Waals surface area contributed by atoms with E-state index in [4.69, 9.17) is 10.7 Å². The molecule has 108 valence electrons. The summed E-state index contributed by atoms with van der Waals surface area (Å²) >= 11 is 0. The first-order valence-corrected chi connectivity index (χ1v) is 7.18. The smallest absolute Gasteiger partial charge is 0.134 e. The van der Waals surface area contributed by atoms with E-state index in [1.165, 1.54) is 0 Å². The SMILES string of the molecule is CC(C)n1c(C(C)(N)c2ccccc2)nc2cnccc21. The first kappa shape index (κ1) is 13.8. The van der Waals surface area contributed by atoms with Crippen LogP contribution in [0.4, 0.5) is 0 Å². The summed E-state index contributed by atoms with van der Waals surface area (Å²) in [5.41, 5.74) is 9.02. The number of hydrogen-bond donors (Lipinski definition) is 1. The van der Waals surface area contributed by atoms with Gasteiger partial charge in [0.1, 0.15) is 11.3 Å². The van der Waals surface area contributed by atoms with Crippen molar-refractivity contribution in [2.24, 2.45) is 5.73 Å². The molecule has 2 N–H and O–H groups in total. The summed E-state index contributed by atoms with van der Waals surface area (Å²) in [5, 5.41) is 0. The minimum atomic E-state index is -0.648. The highest BCUT2D eigenvalue weighted by Gasteiger charge is 2.31. The predicted molar refractivity (Wildman–Crippen MR) is 85.0 cm³/mol. The molecule has 21 heavy (non-hydrogen) atoms. The molecule has 3 rings (SSSR count). The first-order valence-electron chi connectivity index (χ1n) is 7.18. The lowest BCUT2D eigenvalue weighted by Gasteiger charge is -2.27. The third kappa shape index (κ3) is 2.21. The number of fused-ring (bicyclic) bond motifs is 1. The van der Waals surface area contributed by atoms with Crippen LogP contribution in [0.25, 0.3) is 11.0 Å². The number of hydrogen-bond acceptors (Lipinski definition) is 3. The highest BCUT2D eigenvalue weighted by Crippen LogP contribution is 2.31. The van der Waals surface area contributed by atoms with Gasteiger partial charge in [-0.2, -0.15) is 0 Å². The second-order valence-electron chi connectivity index (χ2n) is 5.83. The first-order chi connectivity index (χ1) is 10.0. The lowest BCUT2D eigenvalue weighted by molar-refractivity contribution is 0.485. The second kappa shape index (κ2) is 4.97. The molecule has 0 amide bonds. The summed E-state index contributed by atoms with van der Waals surface area (Å²) in [7, 11) is 0. The van der Waals surface area contributed by atoms with E-state index in [0.29, 0.717) is 0 Å². The standard InChI is InChI=1S/C17H20N4/c1-12(2)21-15-9-10-19-11-14(15)20-16(21)17(3,18)13-7-5-4-6-8-13/h4-12H,18H2,1-3H3. The molecule has 0 saturated heterocycles. The van der Waals surface area contributed by atoms with Crippen molar-refractivity contribution < 1.29 is 0 Å². The number of benzene rings is 1. The fourth-order valence-electron chi connectivity index (χ4n) is 2.75. The van der Waals surface area contributed by atoms with E-state index < -0.39 is 5.54 Å². The van der Waals surface area contributed by atoms with Crippen LogP contribution in [0.5, 0.6) is 0 Å². The van der Waals surface area contributed by atoms with Crippen LogP contribution >= 0.6 is 0 Å². The third-order valence-corrected chi connectivity index (χ3v) is 3.85. The van der Waals surface area contributed by atoms with Gasteiger partial charge in [0, 0.05) is 12.2 Å². The van der Waals surface area contributed by atoms with Gasteiger partial charge in [-0.15, -0.1) is 0 Å². The average Bonchev–Trinajstić information content (AvgIpc) is 2.88. The monoisotopic (exact) mass is 280 g/mol. The summed E-state index contributed by atoms with van der Waals surface area (Å²) in [4.78, 5) is 8.92. The molecule has 1 aromatic carbocycles. The lowest BCUT2D eigenvalue weighted by Crippen LogP contribution is -2.37. The van der Waals surface area contributed by atoms with E-state index in [9.17, 15) is 0 Å². The summed E-state index contributed by atoms with van der Waals surface area (Å²) in [5.74, 6) is 0.867. The molecule has 0 bridgehead atoms. The molecule has 1 atom stereocenters. The molecular weight excluding hydrogens is 260 g/mol. The van der Waals surface area contributed by atoms with E-state index in [1.807, 2.05) is 43.3 Å². The van der Waals surface area contributed by atoms with Gasteiger partial charge in [0.05, 0.1) is 17.3 Å². The number of rotatable bonds is 3. The molecule has 3 aromatic rings. The highest BCUT2D eigenvalue weighted by atomic mass is 15.1. The van der Waals surface area contributed by atoms with E-state index in [0.717, 1.165) is 22.4 Å². The van der Waals surface area contributed by atoms with Crippen molar-refractivity contribution in [2.75, 3.05) is 0 Å². The van der Waals surface area contributed by atoms with E-state index in [-0.39, 0.29) is 6.04 Å². The fourth-order valence-corrected chi connectivity index (χ4v) is 2.75. The molecule has 4 nitrogen and oxygen atoms in total. The Morgan fingerprint density at radius 2 is 1.86 bits per heavy atom. The van der Waals surface area contributed by atoms with Gasteiger partial charge in [-0.25, -0.2) is 4.98 Å². The largest absolute Gasteiger partial charge is 0.323 e. The Balaban J connectivity index is 2.27. The Morgan fingerprint density at radius 3 is 2.52 bits per heavy atom. The van der Waals surface area contributed by atoms with E-state index in [1.54, 1.807) is 12.4 Å². The predicted octanol–water partition coefficient (Wildman–Crippen LogP) is 3.23. The van der Waals surface area contributed by atoms with Crippen molar-refractivity contribution in [3.05, 3.63) is 60.2 Å². The normalized spacial score (nSPS) is 14.5. The Morgan fingerprint density at radius 1 is 1.14 bits per heavy atom.